The lowest BCUT2D eigenvalue weighted by Gasteiger charge is -2.13. The normalized spacial score (nSPS) is 10.9. The molecule has 0 bridgehead atoms. The molecule has 2 aromatic heterocycles. The van der Waals surface area contributed by atoms with E-state index in [0.717, 1.165) is 55.6 Å². The largest absolute Gasteiger partial charge is 0.309 e. The van der Waals surface area contributed by atoms with Gasteiger partial charge in [-0.15, -0.1) is 0 Å². The highest BCUT2D eigenvalue weighted by Gasteiger charge is 2.17. The highest BCUT2D eigenvalue weighted by atomic mass is 15.0. The quantitative estimate of drug-likeness (QED) is 0.232. The summed E-state index contributed by atoms with van der Waals surface area (Å²) in [7, 11) is 0. The molecule has 41 heavy (non-hydrogen) atoms. The maximum absolute atomic E-state index is 9.81. The Kier molecular flexibility index (Phi) is 5.86. The number of hydrogen-bond acceptors (Lipinski definition) is 3. The molecule has 0 saturated carbocycles. The SMILES string of the molecule is N#Cc1cccc(C#N)c1-c1ccc2c(c1)c1ccccc1n2-c1cc(-c2ccccc2)nc(-c2ccccc2)c1. The van der Waals surface area contributed by atoms with Gasteiger partial charge in [0.25, 0.3) is 0 Å². The summed E-state index contributed by atoms with van der Waals surface area (Å²) < 4.78 is 2.27. The monoisotopic (exact) mass is 522 g/mol. The number of pyridine rings is 1. The summed E-state index contributed by atoms with van der Waals surface area (Å²) in [5, 5.41) is 21.8. The molecule has 7 rings (SSSR count). The van der Waals surface area contributed by atoms with Crippen LogP contribution in [0.15, 0.2) is 133 Å². The van der Waals surface area contributed by atoms with Crippen LogP contribution in [0.2, 0.25) is 0 Å². The molecule has 0 aliphatic rings. The second-order valence-corrected chi connectivity index (χ2v) is 9.86. The Morgan fingerprint density at radius 3 is 1.66 bits per heavy atom. The Labute approximate surface area is 237 Å². The molecule has 0 saturated heterocycles. The third-order valence-corrected chi connectivity index (χ3v) is 7.47. The number of benzene rings is 5. The molecule has 0 atom stereocenters. The second kappa shape index (κ2) is 9.97. The Bertz CT molecular complexity index is 2070. The fourth-order valence-electron chi connectivity index (χ4n) is 5.62. The Morgan fingerprint density at radius 1 is 0.488 bits per heavy atom. The first-order chi connectivity index (χ1) is 20.2. The van der Waals surface area contributed by atoms with Crippen molar-refractivity contribution in [2.75, 3.05) is 0 Å². The van der Waals surface area contributed by atoms with Crippen molar-refractivity contribution in [3.63, 3.8) is 0 Å². The van der Waals surface area contributed by atoms with Crippen LogP contribution in [-0.4, -0.2) is 9.55 Å². The number of para-hydroxylation sites is 1. The molecule has 4 heteroatoms. The topological polar surface area (TPSA) is 65.4 Å². The van der Waals surface area contributed by atoms with Crippen molar-refractivity contribution < 1.29 is 0 Å². The van der Waals surface area contributed by atoms with E-state index in [-0.39, 0.29) is 0 Å². The van der Waals surface area contributed by atoms with Crippen molar-refractivity contribution in [2.45, 2.75) is 0 Å². The van der Waals surface area contributed by atoms with Gasteiger partial charge < -0.3 is 4.57 Å². The van der Waals surface area contributed by atoms with Gasteiger partial charge in [0.2, 0.25) is 0 Å². The standard InChI is InChI=1S/C37H22N4/c38-23-28-14-9-15-29(24-39)37(28)27-18-19-36-32(20-27)31-16-7-8-17-35(31)41(36)30-21-33(25-10-3-1-4-11-25)40-34(22-30)26-12-5-2-6-13-26/h1-22H. The fourth-order valence-corrected chi connectivity index (χ4v) is 5.62. The van der Waals surface area contributed by atoms with E-state index in [0.29, 0.717) is 16.7 Å². The van der Waals surface area contributed by atoms with Crippen LogP contribution in [0.25, 0.3) is 61.1 Å². The minimum Gasteiger partial charge on any atom is -0.309 e. The van der Waals surface area contributed by atoms with Crippen LogP contribution >= 0.6 is 0 Å². The molecule has 0 aliphatic heterocycles. The zero-order chi connectivity index (χ0) is 27.8. The van der Waals surface area contributed by atoms with Crippen molar-refractivity contribution in [1.29, 1.82) is 10.5 Å². The average molecular weight is 523 g/mol. The molecule has 4 nitrogen and oxygen atoms in total. The summed E-state index contributed by atoms with van der Waals surface area (Å²) in [5.74, 6) is 0. The average Bonchev–Trinajstić information content (AvgIpc) is 3.38. The van der Waals surface area contributed by atoms with Crippen LogP contribution in [0.1, 0.15) is 11.1 Å². The number of fused-ring (bicyclic) bond motifs is 3. The van der Waals surface area contributed by atoms with Crippen LogP contribution in [0.5, 0.6) is 0 Å². The lowest BCUT2D eigenvalue weighted by Crippen LogP contribution is -1.98. The van der Waals surface area contributed by atoms with Gasteiger partial charge in [-0.25, -0.2) is 4.98 Å². The molecule has 190 valence electrons. The molecular formula is C37H22N4. The van der Waals surface area contributed by atoms with Gasteiger partial charge in [0.15, 0.2) is 0 Å². The van der Waals surface area contributed by atoms with Gasteiger partial charge in [0.1, 0.15) is 0 Å². The number of rotatable bonds is 4. The minimum absolute atomic E-state index is 0.487. The van der Waals surface area contributed by atoms with Crippen molar-refractivity contribution in [2.24, 2.45) is 0 Å². The summed E-state index contributed by atoms with van der Waals surface area (Å²) in [5.41, 5.74) is 9.48. The fraction of sp³-hybridized carbons (Fsp3) is 0. The number of hydrogen-bond donors (Lipinski definition) is 0. The van der Waals surface area contributed by atoms with Crippen LogP contribution in [0, 0.1) is 22.7 Å². The molecule has 0 N–H and O–H groups in total. The third kappa shape index (κ3) is 4.12. The van der Waals surface area contributed by atoms with E-state index in [1.54, 1.807) is 18.2 Å². The molecule has 5 aromatic carbocycles. The first-order valence-corrected chi connectivity index (χ1v) is 13.4. The second-order valence-electron chi connectivity index (χ2n) is 9.86. The Morgan fingerprint density at radius 2 is 1.05 bits per heavy atom. The van der Waals surface area contributed by atoms with Crippen LogP contribution in [0.4, 0.5) is 0 Å². The first-order valence-electron chi connectivity index (χ1n) is 13.4. The molecule has 0 radical (unpaired) electrons. The number of nitriles is 2. The summed E-state index contributed by atoms with van der Waals surface area (Å²) >= 11 is 0. The van der Waals surface area contributed by atoms with Gasteiger partial charge in [-0.1, -0.05) is 91.0 Å². The van der Waals surface area contributed by atoms with E-state index in [2.05, 4.69) is 83.4 Å². The van der Waals surface area contributed by atoms with Crippen LogP contribution < -0.4 is 0 Å². The lowest BCUT2D eigenvalue weighted by atomic mass is 9.94. The van der Waals surface area contributed by atoms with Crippen LogP contribution in [0.3, 0.4) is 0 Å². The molecule has 0 spiro atoms. The zero-order valence-electron chi connectivity index (χ0n) is 22.0. The molecule has 2 heterocycles. The van der Waals surface area contributed by atoms with Crippen molar-refractivity contribution in [3.8, 4) is 51.5 Å². The van der Waals surface area contributed by atoms with E-state index in [9.17, 15) is 10.5 Å². The van der Waals surface area contributed by atoms with Gasteiger partial charge in [-0.05, 0) is 48.0 Å². The van der Waals surface area contributed by atoms with Crippen LogP contribution in [-0.2, 0) is 0 Å². The third-order valence-electron chi connectivity index (χ3n) is 7.47. The van der Waals surface area contributed by atoms with Gasteiger partial charge >= 0.3 is 0 Å². The molecular weight excluding hydrogens is 500 g/mol. The van der Waals surface area contributed by atoms with Gasteiger partial charge in [0, 0.05) is 27.5 Å². The predicted octanol–water partition coefficient (Wildman–Crippen LogP) is 8.92. The molecule has 0 aliphatic carbocycles. The van der Waals surface area contributed by atoms with Crippen molar-refractivity contribution in [3.05, 3.63) is 145 Å². The van der Waals surface area contributed by atoms with E-state index in [1.165, 1.54) is 0 Å². The van der Waals surface area contributed by atoms with Gasteiger partial charge in [-0.3, -0.25) is 0 Å². The van der Waals surface area contributed by atoms with Crippen molar-refractivity contribution in [1.82, 2.24) is 9.55 Å². The molecule has 0 amide bonds. The molecule has 0 fully saturated rings. The summed E-state index contributed by atoms with van der Waals surface area (Å²) in [6.07, 6.45) is 0. The van der Waals surface area contributed by atoms with E-state index in [4.69, 9.17) is 4.98 Å². The Hall–Kier alpha value is -5.97. The minimum atomic E-state index is 0.487. The molecule has 7 aromatic rings. The van der Waals surface area contributed by atoms with Gasteiger partial charge in [0.05, 0.1) is 51.4 Å². The summed E-state index contributed by atoms with van der Waals surface area (Å²) in [6.45, 7) is 0. The van der Waals surface area contributed by atoms with Gasteiger partial charge in [-0.2, -0.15) is 10.5 Å². The Balaban J connectivity index is 1.52. The zero-order valence-corrected chi connectivity index (χ0v) is 22.0. The summed E-state index contributed by atoms with van der Waals surface area (Å²) in [6, 6.07) is 49.1. The number of nitrogens with zero attached hydrogens (tertiary/aromatic N) is 4. The molecule has 0 unspecified atom stereocenters. The smallest absolute Gasteiger partial charge is 0.0998 e. The van der Waals surface area contributed by atoms with E-state index >= 15 is 0 Å². The number of aromatic nitrogens is 2. The van der Waals surface area contributed by atoms with Crippen molar-refractivity contribution >= 4 is 21.8 Å². The highest BCUT2D eigenvalue weighted by molar-refractivity contribution is 6.10. The first kappa shape index (κ1) is 24.1. The van der Waals surface area contributed by atoms with E-state index < -0.39 is 0 Å². The summed E-state index contributed by atoms with van der Waals surface area (Å²) in [4.78, 5) is 5.06. The maximum atomic E-state index is 9.81. The lowest BCUT2D eigenvalue weighted by molar-refractivity contribution is 1.16. The highest BCUT2D eigenvalue weighted by Crippen LogP contribution is 2.38. The van der Waals surface area contributed by atoms with E-state index in [1.807, 2.05) is 48.5 Å². The predicted molar refractivity (Wildman–Crippen MR) is 164 cm³/mol. The maximum Gasteiger partial charge on any atom is 0.0998 e.